The maximum absolute atomic E-state index is 11.5. The van der Waals surface area contributed by atoms with Gasteiger partial charge in [-0.2, -0.15) is 0 Å². The summed E-state index contributed by atoms with van der Waals surface area (Å²) in [6.07, 6.45) is 2.81. The number of amides is 1. The van der Waals surface area contributed by atoms with Crippen LogP contribution in [-0.4, -0.2) is 37.9 Å². The molecule has 0 radical (unpaired) electrons. The molecule has 1 aliphatic heterocycles. The number of sulfone groups is 1. The molecule has 1 saturated heterocycles. The van der Waals surface area contributed by atoms with Crippen LogP contribution in [0.3, 0.4) is 0 Å². The van der Waals surface area contributed by atoms with Crippen LogP contribution in [0.2, 0.25) is 0 Å². The Balaban J connectivity index is 2.37. The molecular weight excluding hydrogens is 228 g/mol. The number of hydrogen-bond donors (Lipinski definition) is 2. The summed E-state index contributed by atoms with van der Waals surface area (Å²) < 4.78 is 23.0. The topological polar surface area (TPSA) is 89.3 Å². The van der Waals surface area contributed by atoms with E-state index >= 15 is 0 Å². The fourth-order valence-electron chi connectivity index (χ4n) is 1.88. The van der Waals surface area contributed by atoms with Crippen LogP contribution in [0.25, 0.3) is 0 Å². The van der Waals surface area contributed by atoms with Crippen LogP contribution in [0.1, 0.15) is 32.6 Å². The van der Waals surface area contributed by atoms with Gasteiger partial charge in [-0.1, -0.05) is 13.3 Å². The summed E-state index contributed by atoms with van der Waals surface area (Å²) in [4.78, 5) is 11.5. The van der Waals surface area contributed by atoms with E-state index in [1.54, 1.807) is 0 Å². The molecule has 0 bridgehead atoms. The van der Waals surface area contributed by atoms with Gasteiger partial charge in [-0.3, -0.25) is 4.79 Å². The Morgan fingerprint density at radius 2 is 2.25 bits per heavy atom. The fourth-order valence-corrected chi connectivity index (χ4v) is 3.64. The SMILES string of the molecule is CCC[C@@H](N)C(=O)NCC1CCCS1(=O)=O. The van der Waals surface area contributed by atoms with Gasteiger partial charge >= 0.3 is 0 Å². The smallest absolute Gasteiger partial charge is 0.236 e. The lowest BCUT2D eigenvalue weighted by Gasteiger charge is -2.14. The van der Waals surface area contributed by atoms with E-state index in [0.29, 0.717) is 19.3 Å². The van der Waals surface area contributed by atoms with Crippen LogP contribution in [-0.2, 0) is 14.6 Å². The quantitative estimate of drug-likeness (QED) is 0.705. The van der Waals surface area contributed by atoms with Gasteiger partial charge in [0.2, 0.25) is 5.91 Å². The minimum absolute atomic E-state index is 0.207. The van der Waals surface area contributed by atoms with Crippen molar-refractivity contribution in [2.24, 2.45) is 5.73 Å². The summed E-state index contributed by atoms with van der Waals surface area (Å²) in [5.74, 6) is -0.00175. The Morgan fingerprint density at radius 3 is 2.75 bits per heavy atom. The van der Waals surface area contributed by atoms with E-state index < -0.39 is 21.1 Å². The third kappa shape index (κ3) is 3.45. The van der Waals surface area contributed by atoms with Crippen LogP contribution in [0.4, 0.5) is 0 Å². The Labute approximate surface area is 96.7 Å². The summed E-state index contributed by atoms with van der Waals surface area (Å²) in [7, 11) is -2.98. The average Bonchev–Trinajstić information content (AvgIpc) is 2.54. The molecule has 3 N–H and O–H groups in total. The van der Waals surface area contributed by atoms with Crippen LogP contribution < -0.4 is 11.1 Å². The number of nitrogens with two attached hydrogens (primary N) is 1. The van der Waals surface area contributed by atoms with Crippen LogP contribution in [0, 0.1) is 0 Å². The number of carbonyl (C=O) groups excluding carboxylic acids is 1. The molecule has 0 aromatic heterocycles. The lowest BCUT2D eigenvalue weighted by atomic mass is 10.1. The molecule has 0 spiro atoms. The van der Waals surface area contributed by atoms with E-state index in [9.17, 15) is 13.2 Å². The van der Waals surface area contributed by atoms with E-state index in [2.05, 4.69) is 5.32 Å². The third-order valence-electron chi connectivity index (χ3n) is 2.90. The first-order valence-corrected chi connectivity index (χ1v) is 7.43. The number of rotatable bonds is 5. The van der Waals surface area contributed by atoms with Gasteiger partial charge < -0.3 is 11.1 Å². The van der Waals surface area contributed by atoms with Crippen molar-refractivity contribution in [3.8, 4) is 0 Å². The highest BCUT2D eigenvalue weighted by atomic mass is 32.2. The van der Waals surface area contributed by atoms with Gasteiger partial charge in [0.1, 0.15) is 0 Å². The van der Waals surface area contributed by atoms with Crippen molar-refractivity contribution in [1.29, 1.82) is 0 Å². The van der Waals surface area contributed by atoms with Crippen molar-refractivity contribution < 1.29 is 13.2 Å². The Bertz CT molecular complexity index is 340. The van der Waals surface area contributed by atoms with E-state index in [1.807, 2.05) is 6.92 Å². The van der Waals surface area contributed by atoms with Crippen LogP contribution >= 0.6 is 0 Å². The average molecular weight is 248 g/mol. The molecule has 6 heteroatoms. The van der Waals surface area contributed by atoms with E-state index in [0.717, 1.165) is 6.42 Å². The zero-order valence-electron chi connectivity index (χ0n) is 9.61. The zero-order valence-corrected chi connectivity index (χ0v) is 10.4. The molecule has 94 valence electrons. The molecule has 0 aromatic rings. The highest BCUT2D eigenvalue weighted by molar-refractivity contribution is 7.92. The zero-order chi connectivity index (χ0) is 12.2. The monoisotopic (exact) mass is 248 g/mol. The third-order valence-corrected chi connectivity index (χ3v) is 5.18. The summed E-state index contributed by atoms with van der Waals surface area (Å²) in [6, 6.07) is -0.519. The predicted octanol–water partition coefficient (Wildman–Crippen LogP) is -0.193. The molecule has 16 heavy (non-hydrogen) atoms. The van der Waals surface area contributed by atoms with Crippen LogP contribution in [0.5, 0.6) is 0 Å². The molecule has 1 fully saturated rings. The number of carbonyl (C=O) groups is 1. The maximum atomic E-state index is 11.5. The summed E-state index contributed by atoms with van der Waals surface area (Å²) >= 11 is 0. The van der Waals surface area contributed by atoms with E-state index in [1.165, 1.54) is 0 Å². The van der Waals surface area contributed by atoms with Gasteiger partial charge in [0.25, 0.3) is 0 Å². The number of hydrogen-bond acceptors (Lipinski definition) is 4. The highest BCUT2D eigenvalue weighted by Gasteiger charge is 2.31. The second-order valence-electron chi connectivity index (χ2n) is 4.27. The van der Waals surface area contributed by atoms with Crippen molar-refractivity contribution in [2.45, 2.75) is 43.9 Å². The van der Waals surface area contributed by atoms with Crippen molar-refractivity contribution in [3.63, 3.8) is 0 Å². The first-order valence-electron chi connectivity index (χ1n) is 5.72. The second-order valence-corrected chi connectivity index (χ2v) is 6.67. The molecule has 0 saturated carbocycles. The molecule has 1 heterocycles. The normalized spacial score (nSPS) is 25.2. The van der Waals surface area contributed by atoms with Crippen LogP contribution in [0.15, 0.2) is 0 Å². The molecule has 1 amide bonds. The maximum Gasteiger partial charge on any atom is 0.236 e. The molecule has 0 aromatic carbocycles. The fraction of sp³-hybridized carbons (Fsp3) is 0.900. The van der Waals surface area contributed by atoms with Crippen molar-refractivity contribution >= 4 is 15.7 Å². The first kappa shape index (κ1) is 13.4. The standard InChI is InChI=1S/C10H20N2O3S/c1-2-4-9(11)10(13)12-7-8-5-3-6-16(8,14)15/h8-9H,2-7,11H2,1H3,(H,12,13)/t8?,9-/m1/s1. The van der Waals surface area contributed by atoms with Crippen molar-refractivity contribution in [2.75, 3.05) is 12.3 Å². The van der Waals surface area contributed by atoms with Gasteiger partial charge in [0.15, 0.2) is 9.84 Å². The van der Waals surface area contributed by atoms with Gasteiger partial charge in [-0.25, -0.2) is 8.42 Å². The Kier molecular flexibility index (Phi) is 4.73. The lowest BCUT2D eigenvalue weighted by Crippen LogP contribution is -2.44. The Hall–Kier alpha value is -0.620. The van der Waals surface area contributed by atoms with Gasteiger partial charge in [0, 0.05) is 6.54 Å². The van der Waals surface area contributed by atoms with Gasteiger partial charge in [-0.15, -0.1) is 0 Å². The largest absolute Gasteiger partial charge is 0.353 e. The van der Waals surface area contributed by atoms with E-state index in [-0.39, 0.29) is 18.2 Å². The summed E-state index contributed by atoms with van der Waals surface area (Å²) in [5.41, 5.74) is 5.62. The molecule has 1 rings (SSSR count). The molecule has 1 unspecified atom stereocenters. The minimum atomic E-state index is -2.98. The van der Waals surface area contributed by atoms with E-state index in [4.69, 9.17) is 5.73 Å². The minimum Gasteiger partial charge on any atom is -0.353 e. The number of nitrogens with one attached hydrogen (secondary N) is 1. The van der Waals surface area contributed by atoms with Gasteiger partial charge in [-0.05, 0) is 19.3 Å². The molecule has 5 nitrogen and oxygen atoms in total. The van der Waals surface area contributed by atoms with Crippen molar-refractivity contribution in [1.82, 2.24) is 5.32 Å². The Morgan fingerprint density at radius 1 is 1.56 bits per heavy atom. The molecule has 0 aliphatic carbocycles. The second kappa shape index (κ2) is 5.63. The molecular formula is C10H20N2O3S. The summed E-state index contributed by atoms with van der Waals surface area (Å²) in [5, 5.41) is 2.21. The van der Waals surface area contributed by atoms with Crippen molar-refractivity contribution in [3.05, 3.63) is 0 Å². The van der Waals surface area contributed by atoms with Gasteiger partial charge in [0.05, 0.1) is 17.0 Å². The predicted molar refractivity (Wildman–Crippen MR) is 62.7 cm³/mol. The highest BCUT2D eigenvalue weighted by Crippen LogP contribution is 2.18. The molecule has 1 aliphatic rings. The first-order chi connectivity index (χ1) is 7.47. The lowest BCUT2D eigenvalue weighted by molar-refractivity contribution is -0.122. The molecule has 2 atom stereocenters. The summed E-state index contributed by atoms with van der Waals surface area (Å²) in [6.45, 7) is 2.16.